The van der Waals surface area contributed by atoms with E-state index in [4.69, 9.17) is 0 Å². The Hall–Kier alpha value is -0.940. The standard InChI is InChI=1S/C13H25N5/c1-4-18-12(15-11-16-18)9-14-10-13(17(2)3)7-5-6-8-13/h11,14H,4-10H2,1-3H3. The molecule has 1 aromatic rings. The van der Waals surface area contributed by atoms with E-state index in [1.165, 1.54) is 25.7 Å². The van der Waals surface area contributed by atoms with E-state index in [1.54, 1.807) is 6.33 Å². The van der Waals surface area contributed by atoms with Crippen molar-refractivity contribution in [1.82, 2.24) is 25.0 Å². The molecule has 0 saturated heterocycles. The van der Waals surface area contributed by atoms with Crippen LogP contribution in [0.3, 0.4) is 0 Å². The van der Waals surface area contributed by atoms with Crippen LogP contribution in [0.1, 0.15) is 38.4 Å². The Bertz CT molecular complexity index is 365. The summed E-state index contributed by atoms with van der Waals surface area (Å²) in [6, 6.07) is 0. The summed E-state index contributed by atoms with van der Waals surface area (Å²) in [5, 5.41) is 7.75. The van der Waals surface area contributed by atoms with Crippen molar-refractivity contribution in [3.8, 4) is 0 Å². The van der Waals surface area contributed by atoms with Crippen LogP contribution in [0.5, 0.6) is 0 Å². The molecule has 1 aromatic heterocycles. The highest BCUT2D eigenvalue weighted by atomic mass is 15.3. The van der Waals surface area contributed by atoms with E-state index in [2.05, 4.69) is 41.3 Å². The topological polar surface area (TPSA) is 46.0 Å². The maximum atomic E-state index is 4.29. The molecule has 1 N–H and O–H groups in total. The lowest BCUT2D eigenvalue weighted by molar-refractivity contribution is 0.153. The summed E-state index contributed by atoms with van der Waals surface area (Å²) in [5.74, 6) is 1.03. The van der Waals surface area contributed by atoms with Gasteiger partial charge in [0, 0.05) is 18.6 Å². The average molecular weight is 251 g/mol. The highest BCUT2D eigenvalue weighted by Gasteiger charge is 2.35. The Morgan fingerprint density at radius 2 is 2.11 bits per heavy atom. The van der Waals surface area contributed by atoms with Crippen molar-refractivity contribution in [3.63, 3.8) is 0 Å². The van der Waals surface area contributed by atoms with E-state index in [0.717, 1.165) is 25.5 Å². The van der Waals surface area contributed by atoms with Crippen LogP contribution in [-0.4, -0.2) is 45.8 Å². The molecule has 0 amide bonds. The van der Waals surface area contributed by atoms with E-state index in [1.807, 2.05) is 4.68 Å². The summed E-state index contributed by atoms with van der Waals surface area (Å²) in [7, 11) is 4.39. The highest BCUT2D eigenvalue weighted by Crippen LogP contribution is 2.33. The molecular weight excluding hydrogens is 226 g/mol. The molecule has 1 saturated carbocycles. The first-order chi connectivity index (χ1) is 8.68. The molecule has 0 aliphatic heterocycles. The molecule has 1 fully saturated rings. The van der Waals surface area contributed by atoms with Crippen molar-refractivity contribution in [1.29, 1.82) is 0 Å². The van der Waals surface area contributed by atoms with E-state index >= 15 is 0 Å². The zero-order valence-electron chi connectivity index (χ0n) is 11.8. The largest absolute Gasteiger partial charge is 0.308 e. The van der Waals surface area contributed by atoms with Crippen molar-refractivity contribution in [2.75, 3.05) is 20.6 Å². The maximum absolute atomic E-state index is 4.29. The van der Waals surface area contributed by atoms with Gasteiger partial charge < -0.3 is 10.2 Å². The lowest BCUT2D eigenvalue weighted by Gasteiger charge is -2.36. The molecule has 18 heavy (non-hydrogen) atoms. The predicted molar refractivity (Wildman–Crippen MR) is 72.3 cm³/mol. The Morgan fingerprint density at radius 1 is 1.39 bits per heavy atom. The van der Waals surface area contributed by atoms with Gasteiger partial charge in [-0.3, -0.25) is 0 Å². The fourth-order valence-corrected chi connectivity index (χ4v) is 2.91. The van der Waals surface area contributed by atoms with Crippen LogP contribution in [0.15, 0.2) is 6.33 Å². The molecule has 5 heteroatoms. The van der Waals surface area contributed by atoms with Crippen LogP contribution in [0.25, 0.3) is 0 Å². The van der Waals surface area contributed by atoms with Crippen LogP contribution in [0, 0.1) is 0 Å². The first-order valence-electron chi connectivity index (χ1n) is 6.93. The summed E-state index contributed by atoms with van der Waals surface area (Å²) in [5.41, 5.74) is 0.344. The van der Waals surface area contributed by atoms with E-state index in [0.29, 0.717) is 5.54 Å². The lowest BCUT2D eigenvalue weighted by Crippen LogP contribution is -2.49. The van der Waals surface area contributed by atoms with Crippen LogP contribution >= 0.6 is 0 Å². The van der Waals surface area contributed by atoms with E-state index in [-0.39, 0.29) is 0 Å². The Balaban J connectivity index is 1.87. The molecule has 0 spiro atoms. The van der Waals surface area contributed by atoms with Crippen molar-refractivity contribution in [2.45, 2.75) is 51.2 Å². The van der Waals surface area contributed by atoms with Crippen molar-refractivity contribution < 1.29 is 0 Å². The number of nitrogens with one attached hydrogen (secondary N) is 1. The van der Waals surface area contributed by atoms with Crippen LogP contribution in [0.2, 0.25) is 0 Å². The Labute approximate surface area is 110 Å². The van der Waals surface area contributed by atoms with Gasteiger partial charge in [-0.2, -0.15) is 5.10 Å². The fraction of sp³-hybridized carbons (Fsp3) is 0.846. The van der Waals surface area contributed by atoms with Gasteiger partial charge in [-0.1, -0.05) is 12.8 Å². The number of hydrogen-bond donors (Lipinski definition) is 1. The number of hydrogen-bond acceptors (Lipinski definition) is 4. The van der Waals surface area contributed by atoms with E-state index in [9.17, 15) is 0 Å². The molecular formula is C13H25N5. The molecule has 1 aliphatic rings. The number of nitrogens with zero attached hydrogens (tertiary/aromatic N) is 4. The van der Waals surface area contributed by atoms with Gasteiger partial charge in [-0.25, -0.2) is 9.67 Å². The molecule has 0 aromatic carbocycles. The molecule has 1 aliphatic carbocycles. The third kappa shape index (κ3) is 2.72. The summed E-state index contributed by atoms with van der Waals surface area (Å²) in [6.07, 6.45) is 6.94. The number of rotatable bonds is 6. The van der Waals surface area contributed by atoms with Crippen LogP contribution < -0.4 is 5.32 Å². The number of aromatic nitrogens is 3. The van der Waals surface area contributed by atoms with Crippen molar-refractivity contribution in [2.24, 2.45) is 0 Å². The van der Waals surface area contributed by atoms with Gasteiger partial charge in [0.05, 0.1) is 6.54 Å². The minimum Gasteiger partial charge on any atom is -0.308 e. The third-order valence-corrected chi connectivity index (χ3v) is 4.22. The van der Waals surface area contributed by atoms with Crippen molar-refractivity contribution in [3.05, 3.63) is 12.2 Å². The Morgan fingerprint density at radius 3 is 2.72 bits per heavy atom. The van der Waals surface area contributed by atoms with Gasteiger partial charge in [-0.15, -0.1) is 0 Å². The quantitative estimate of drug-likeness (QED) is 0.827. The predicted octanol–water partition coefficient (Wildman–Crippen LogP) is 1.26. The molecule has 0 bridgehead atoms. The molecule has 1 heterocycles. The second kappa shape index (κ2) is 5.80. The van der Waals surface area contributed by atoms with Gasteiger partial charge in [0.1, 0.15) is 12.2 Å². The second-order valence-electron chi connectivity index (χ2n) is 5.42. The first kappa shape index (κ1) is 13.5. The molecule has 102 valence electrons. The zero-order chi connectivity index (χ0) is 13.0. The third-order valence-electron chi connectivity index (χ3n) is 4.22. The van der Waals surface area contributed by atoms with Gasteiger partial charge in [-0.05, 0) is 33.9 Å². The Kier molecular flexibility index (Phi) is 4.35. The van der Waals surface area contributed by atoms with Gasteiger partial charge in [0.2, 0.25) is 0 Å². The zero-order valence-corrected chi connectivity index (χ0v) is 11.8. The molecule has 0 radical (unpaired) electrons. The summed E-state index contributed by atoms with van der Waals surface area (Å²) in [6.45, 7) is 4.83. The SMILES string of the molecule is CCn1ncnc1CNCC1(N(C)C)CCCC1. The second-order valence-corrected chi connectivity index (χ2v) is 5.42. The summed E-state index contributed by atoms with van der Waals surface area (Å²) >= 11 is 0. The molecule has 5 nitrogen and oxygen atoms in total. The highest BCUT2D eigenvalue weighted by molar-refractivity contribution is 4.95. The van der Waals surface area contributed by atoms with E-state index < -0.39 is 0 Å². The molecule has 0 unspecified atom stereocenters. The summed E-state index contributed by atoms with van der Waals surface area (Å²) < 4.78 is 1.95. The monoisotopic (exact) mass is 251 g/mol. The lowest BCUT2D eigenvalue weighted by atomic mass is 9.96. The maximum Gasteiger partial charge on any atom is 0.140 e. The summed E-state index contributed by atoms with van der Waals surface area (Å²) in [4.78, 5) is 6.68. The van der Waals surface area contributed by atoms with Gasteiger partial charge in [0.25, 0.3) is 0 Å². The van der Waals surface area contributed by atoms with Gasteiger partial charge >= 0.3 is 0 Å². The van der Waals surface area contributed by atoms with Crippen LogP contribution in [0.4, 0.5) is 0 Å². The number of likely N-dealkylation sites (N-methyl/N-ethyl adjacent to an activating group) is 1. The minimum absolute atomic E-state index is 0.344. The number of aryl methyl sites for hydroxylation is 1. The smallest absolute Gasteiger partial charge is 0.140 e. The normalized spacial score (nSPS) is 18.7. The molecule has 2 rings (SSSR count). The van der Waals surface area contributed by atoms with Crippen LogP contribution in [-0.2, 0) is 13.1 Å². The van der Waals surface area contributed by atoms with Gasteiger partial charge in [0.15, 0.2) is 0 Å². The fourth-order valence-electron chi connectivity index (χ4n) is 2.91. The minimum atomic E-state index is 0.344. The van der Waals surface area contributed by atoms with Crippen molar-refractivity contribution >= 4 is 0 Å². The average Bonchev–Trinajstić information content (AvgIpc) is 2.98. The molecule has 0 atom stereocenters. The first-order valence-corrected chi connectivity index (χ1v) is 6.93.